The summed E-state index contributed by atoms with van der Waals surface area (Å²) >= 11 is 0. The number of nitrogens with one attached hydrogen (secondary N) is 1. The van der Waals surface area contributed by atoms with Gasteiger partial charge < -0.3 is 10.4 Å². The van der Waals surface area contributed by atoms with Crippen LogP contribution in [0.4, 0.5) is 0 Å². The van der Waals surface area contributed by atoms with Crippen LogP contribution in [0.1, 0.15) is 117 Å². The molecule has 0 aliphatic carbocycles. The third kappa shape index (κ3) is 9.60. The molecule has 3 unspecified atom stereocenters. The molecule has 0 saturated carbocycles. The molecule has 0 fully saturated rings. The van der Waals surface area contributed by atoms with Gasteiger partial charge in [0, 0.05) is 13.3 Å². The van der Waals surface area contributed by atoms with Gasteiger partial charge in [0.1, 0.15) is 6.20 Å². The van der Waals surface area contributed by atoms with E-state index in [1.54, 1.807) is 0 Å². The fourth-order valence-electron chi connectivity index (χ4n) is 4.42. The van der Waals surface area contributed by atoms with Crippen molar-refractivity contribution in [2.24, 2.45) is 0 Å². The zero-order chi connectivity index (χ0) is 20.5. The largest absolute Gasteiger partial charge is 0.345 e. The van der Waals surface area contributed by atoms with Gasteiger partial charge >= 0.3 is 0 Å². The lowest BCUT2D eigenvalue weighted by Crippen LogP contribution is -2.57. The summed E-state index contributed by atoms with van der Waals surface area (Å²) in [5, 5.41) is 13.6. The van der Waals surface area contributed by atoms with Crippen LogP contribution in [0.2, 0.25) is 0 Å². The van der Waals surface area contributed by atoms with E-state index in [2.05, 4.69) is 37.5 Å². The minimum atomic E-state index is -0.338. The molecule has 0 aromatic rings. The van der Waals surface area contributed by atoms with Crippen molar-refractivity contribution in [1.82, 2.24) is 5.32 Å². The molecule has 0 radical (unpaired) electrons. The standard InChI is InChI=1S/C25H49N2O/c1-4-6-7-8-9-10-11-12-13-14-15-16-17-18-19-20-21-25-26-22-23-27(25,5-2)24(3)28/h12-13,22-26,28H,4-11,14-21H2,1-3H3/q+1/b13-12+. The van der Waals surface area contributed by atoms with Crippen LogP contribution in [-0.2, 0) is 0 Å². The second kappa shape index (κ2) is 16.0. The molecule has 0 bridgehead atoms. The number of quaternary nitrogens is 1. The second-order valence-electron chi connectivity index (χ2n) is 8.67. The Balaban J connectivity index is 1.91. The molecule has 3 heteroatoms. The van der Waals surface area contributed by atoms with Gasteiger partial charge in [0.2, 0.25) is 0 Å². The Kier molecular flexibility index (Phi) is 14.5. The van der Waals surface area contributed by atoms with Crippen molar-refractivity contribution < 1.29 is 9.59 Å². The molecule has 28 heavy (non-hydrogen) atoms. The van der Waals surface area contributed by atoms with E-state index in [1.165, 1.54) is 89.9 Å². The monoisotopic (exact) mass is 393 g/mol. The highest BCUT2D eigenvalue weighted by molar-refractivity contribution is 4.84. The fourth-order valence-corrected chi connectivity index (χ4v) is 4.42. The maximum Gasteiger partial charge on any atom is 0.193 e. The summed E-state index contributed by atoms with van der Waals surface area (Å²) in [6, 6.07) is 0. The van der Waals surface area contributed by atoms with Crippen molar-refractivity contribution in [3.63, 3.8) is 0 Å². The van der Waals surface area contributed by atoms with Gasteiger partial charge in [-0.3, -0.25) is 4.48 Å². The Bertz CT molecular complexity index is 419. The highest BCUT2D eigenvalue weighted by Crippen LogP contribution is 2.25. The third-order valence-electron chi connectivity index (χ3n) is 6.45. The van der Waals surface area contributed by atoms with Crippen molar-refractivity contribution in [2.45, 2.75) is 129 Å². The average Bonchev–Trinajstić information content (AvgIpc) is 3.12. The molecule has 0 amide bonds. The first kappa shape index (κ1) is 25.2. The van der Waals surface area contributed by atoms with Crippen molar-refractivity contribution >= 4 is 0 Å². The number of hydrogen-bond donors (Lipinski definition) is 2. The van der Waals surface area contributed by atoms with Crippen LogP contribution in [-0.4, -0.2) is 28.5 Å². The van der Waals surface area contributed by atoms with E-state index in [0.717, 1.165) is 13.0 Å². The minimum Gasteiger partial charge on any atom is -0.345 e. The van der Waals surface area contributed by atoms with Gasteiger partial charge in [-0.25, -0.2) is 0 Å². The zero-order valence-corrected chi connectivity index (χ0v) is 19.2. The second-order valence-corrected chi connectivity index (χ2v) is 8.67. The Morgan fingerprint density at radius 1 is 0.857 bits per heavy atom. The first-order valence-electron chi connectivity index (χ1n) is 12.3. The summed E-state index contributed by atoms with van der Waals surface area (Å²) in [5.74, 6) is 0. The predicted molar refractivity (Wildman–Crippen MR) is 123 cm³/mol. The van der Waals surface area contributed by atoms with Gasteiger partial charge in [-0.15, -0.1) is 0 Å². The number of unbranched alkanes of at least 4 members (excludes halogenated alkanes) is 12. The molecule has 0 aromatic heterocycles. The summed E-state index contributed by atoms with van der Waals surface area (Å²) in [7, 11) is 0. The lowest BCUT2D eigenvalue weighted by Gasteiger charge is -2.39. The number of allylic oxidation sites excluding steroid dienone is 2. The molecule has 1 rings (SSSR count). The molecule has 3 nitrogen and oxygen atoms in total. The van der Waals surface area contributed by atoms with E-state index in [-0.39, 0.29) is 6.23 Å². The summed E-state index contributed by atoms with van der Waals surface area (Å²) in [5.41, 5.74) is 0. The van der Waals surface area contributed by atoms with Gasteiger partial charge in [-0.2, -0.15) is 0 Å². The van der Waals surface area contributed by atoms with Crippen molar-refractivity contribution in [3.8, 4) is 0 Å². The summed E-state index contributed by atoms with van der Waals surface area (Å²) in [4.78, 5) is 0. The van der Waals surface area contributed by atoms with Gasteiger partial charge in [-0.1, -0.05) is 76.9 Å². The smallest absolute Gasteiger partial charge is 0.193 e. The molecule has 164 valence electrons. The molecular formula is C25H49N2O+. The normalized spacial score (nSPS) is 22.8. The number of hydrogen-bond acceptors (Lipinski definition) is 2. The number of rotatable bonds is 18. The first-order valence-corrected chi connectivity index (χ1v) is 12.3. The molecule has 0 spiro atoms. The highest BCUT2D eigenvalue weighted by atomic mass is 16.3. The Hall–Kier alpha value is -0.800. The quantitative estimate of drug-likeness (QED) is 0.149. The number of aliphatic hydroxyl groups excluding tert-OH is 1. The molecule has 2 N–H and O–H groups in total. The number of aliphatic hydroxyl groups is 1. The van der Waals surface area contributed by atoms with Crippen LogP contribution in [0, 0.1) is 0 Å². The highest BCUT2D eigenvalue weighted by Gasteiger charge is 2.40. The van der Waals surface area contributed by atoms with E-state index in [9.17, 15) is 5.11 Å². The molecule has 1 aliphatic heterocycles. The van der Waals surface area contributed by atoms with E-state index in [4.69, 9.17) is 0 Å². The van der Waals surface area contributed by atoms with Gasteiger partial charge in [0.15, 0.2) is 12.4 Å². The van der Waals surface area contributed by atoms with E-state index < -0.39 is 0 Å². The summed E-state index contributed by atoms with van der Waals surface area (Å²) < 4.78 is 0.672. The molecular weight excluding hydrogens is 344 g/mol. The van der Waals surface area contributed by atoms with Crippen LogP contribution in [0.25, 0.3) is 0 Å². The maximum absolute atomic E-state index is 10.2. The fraction of sp³-hybridized carbons (Fsp3) is 0.840. The zero-order valence-electron chi connectivity index (χ0n) is 19.2. The Labute approximate surface area is 175 Å². The van der Waals surface area contributed by atoms with Gasteiger partial charge in [-0.05, 0) is 39.0 Å². The van der Waals surface area contributed by atoms with E-state index >= 15 is 0 Å². The number of nitrogens with zero attached hydrogens (tertiary/aromatic N) is 1. The molecule has 0 aromatic carbocycles. The molecule has 3 atom stereocenters. The van der Waals surface area contributed by atoms with Crippen LogP contribution in [0.15, 0.2) is 24.6 Å². The maximum atomic E-state index is 10.2. The molecule has 1 aliphatic rings. The lowest BCUT2D eigenvalue weighted by atomic mass is 10.1. The van der Waals surface area contributed by atoms with Crippen LogP contribution in [0.5, 0.6) is 0 Å². The topological polar surface area (TPSA) is 32.3 Å². The molecule has 1 heterocycles. The van der Waals surface area contributed by atoms with Gasteiger partial charge in [0.05, 0.1) is 12.7 Å². The van der Waals surface area contributed by atoms with Gasteiger partial charge in [0.25, 0.3) is 0 Å². The summed E-state index contributed by atoms with van der Waals surface area (Å²) in [6.07, 6.45) is 29.1. The summed E-state index contributed by atoms with van der Waals surface area (Å²) in [6.45, 7) is 7.30. The first-order chi connectivity index (χ1) is 13.7. The van der Waals surface area contributed by atoms with Crippen molar-refractivity contribution in [2.75, 3.05) is 6.54 Å². The minimum absolute atomic E-state index is 0.338. The van der Waals surface area contributed by atoms with Crippen LogP contribution < -0.4 is 5.32 Å². The SMILES string of the molecule is CCCCCCCC/C=C/CCCCCCCCC1NC=C[N+]1(CC)C(C)O. The Morgan fingerprint density at radius 2 is 1.39 bits per heavy atom. The van der Waals surface area contributed by atoms with Crippen molar-refractivity contribution in [3.05, 3.63) is 24.6 Å². The lowest BCUT2D eigenvalue weighted by molar-refractivity contribution is -0.942. The predicted octanol–water partition coefficient (Wildman–Crippen LogP) is 6.99. The van der Waals surface area contributed by atoms with Crippen LogP contribution in [0.3, 0.4) is 0 Å². The van der Waals surface area contributed by atoms with Crippen LogP contribution >= 0.6 is 0 Å². The average molecular weight is 394 g/mol. The molecule has 0 saturated heterocycles. The van der Waals surface area contributed by atoms with Crippen molar-refractivity contribution in [1.29, 1.82) is 0 Å². The third-order valence-corrected chi connectivity index (χ3v) is 6.45. The van der Waals surface area contributed by atoms with E-state index in [1.807, 2.05) is 13.1 Å². The van der Waals surface area contributed by atoms with E-state index in [0.29, 0.717) is 10.6 Å². The Morgan fingerprint density at radius 3 is 1.93 bits per heavy atom.